The van der Waals surface area contributed by atoms with Gasteiger partial charge in [-0.25, -0.2) is 0 Å². The molecule has 14 heavy (non-hydrogen) atoms. The Morgan fingerprint density at radius 1 is 1.36 bits per heavy atom. The maximum Gasteiger partial charge on any atom is 0.255 e. The normalized spacial score (nSPS) is 22.8. The topological polar surface area (TPSA) is 0 Å². The van der Waals surface area contributed by atoms with Crippen LogP contribution in [0.1, 0.15) is 39.5 Å². The van der Waals surface area contributed by atoms with Crippen LogP contribution in [0.4, 0.5) is 0 Å². The van der Waals surface area contributed by atoms with Crippen LogP contribution in [0.25, 0.3) is 0 Å². The van der Waals surface area contributed by atoms with Gasteiger partial charge < -0.3 is 0 Å². The van der Waals surface area contributed by atoms with Crippen molar-refractivity contribution in [2.45, 2.75) is 51.6 Å². The average molecular weight is 251 g/mol. The molecular formula is C11H20Cl2Si. The van der Waals surface area contributed by atoms with E-state index in [4.69, 9.17) is 22.2 Å². The van der Waals surface area contributed by atoms with Gasteiger partial charge in [-0.05, 0) is 26.3 Å². The maximum absolute atomic E-state index is 6.42. The van der Waals surface area contributed by atoms with E-state index in [2.05, 4.69) is 26.5 Å². The average Bonchev–Trinajstić information content (AvgIpc) is 2.54. The molecule has 1 atom stereocenters. The van der Waals surface area contributed by atoms with Gasteiger partial charge in [-0.1, -0.05) is 37.3 Å². The minimum atomic E-state index is -2.06. The van der Waals surface area contributed by atoms with Crippen molar-refractivity contribution in [1.29, 1.82) is 0 Å². The zero-order valence-corrected chi connectivity index (χ0v) is 11.8. The Kier molecular flexibility index (Phi) is 4.54. The number of rotatable bonds is 3. The number of hydrogen-bond acceptors (Lipinski definition) is 0. The van der Waals surface area contributed by atoms with Crippen molar-refractivity contribution in [1.82, 2.24) is 0 Å². The van der Waals surface area contributed by atoms with Crippen molar-refractivity contribution in [3.63, 3.8) is 0 Å². The van der Waals surface area contributed by atoms with Crippen molar-refractivity contribution in [2.24, 2.45) is 5.92 Å². The van der Waals surface area contributed by atoms with Crippen molar-refractivity contribution < 1.29 is 0 Å². The van der Waals surface area contributed by atoms with E-state index in [1.165, 1.54) is 31.3 Å². The Morgan fingerprint density at radius 3 is 2.21 bits per heavy atom. The molecule has 1 saturated carbocycles. The minimum absolute atomic E-state index is 0.471. The second kappa shape index (κ2) is 5.04. The summed E-state index contributed by atoms with van der Waals surface area (Å²) in [5.41, 5.74) is 1.87. The van der Waals surface area contributed by atoms with Crippen LogP contribution in [-0.2, 0) is 0 Å². The number of allylic oxidation sites excluding steroid dienone is 2. The molecule has 1 fully saturated rings. The third-order valence-corrected chi connectivity index (χ3v) is 6.79. The van der Waals surface area contributed by atoms with Gasteiger partial charge in [-0.3, -0.25) is 0 Å². The summed E-state index contributed by atoms with van der Waals surface area (Å²) in [7, 11) is 0. The van der Waals surface area contributed by atoms with Crippen LogP contribution in [0.15, 0.2) is 11.6 Å². The van der Waals surface area contributed by atoms with E-state index >= 15 is 0 Å². The zero-order valence-electron chi connectivity index (χ0n) is 9.32. The second-order valence-corrected chi connectivity index (χ2v) is 12.3. The molecule has 0 amide bonds. The van der Waals surface area contributed by atoms with Gasteiger partial charge in [-0.2, -0.15) is 0 Å². The first-order valence-corrected chi connectivity index (χ1v) is 10.1. The van der Waals surface area contributed by atoms with Crippen molar-refractivity contribution in [3.05, 3.63) is 11.6 Å². The molecule has 3 heteroatoms. The van der Waals surface area contributed by atoms with Gasteiger partial charge in [0.05, 0.1) is 0 Å². The summed E-state index contributed by atoms with van der Waals surface area (Å²) in [6, 6.07) is 0. The summed E-state index contributed by atoms with van der Waals surface area (Å²) < 4.78 is 0. The molecule has 0 radical (unpaired) electrons. The van der Waals surface area contributed by atoms with Crippen LogP contribution in [0.3, 0.4) is 0 Å². The molecule has 0 aromatic heterocycles. The van der Waals surface area contributed by atoms with Crippen LogP contribution in [0.5, 0.6) is 0 Å². The molecule has 1 aliphatic rings. The Morgan fingerprint density at radius 2 is 1.86 bits per heavy atom. The van der Waals surface area contributed by atoms with Crippen LogP contribution in [-0.4, -0.2) is 6.69 Å². The van der Waals surface area contributed by atoms with E-state index < -0.39 is 6.69 Å². The molecule has 0 aliphatic heterocycles. The summed E-state index contributed by atoms with van der Waals surface area (Å²) in [5, 5.41) is 0. The predicted octanol–water partition coefficient (Wildman–Crippen LogP) is 5.06. The van der Waals surface area contributed by atoms with Gasteiger partial charge in [0.15, 0.2) is 0 Å². The van der Waals surface area contributed by atoms with Gasteiger partial charge in [-0.15, -0.1) is 22.2 Å². The van der Waals surface area contributed by atoms with Gasteiger partial charge in [0.1, 0.15) is 0 Å². The van der Waals surface area contributed by atoms with Crippen LogP contribution < -0.4 is 0 Å². The highest BCUT2D eigenvalue weighted by Gasteiger charge is 2.40. The molecule has 1 rings (SSSR count). The first-order chi connectivity index (χ1) is 6.46. The van der Waals surface area contributed by atoms with Gasteiger partial charge >= 0.3 is 0 Å². The van der Waals surface area contributed by atoms with E-state index in [0.717, 1.165) is 5.92 Å². The minimum Gasteiger partial charge on any atom is -0.145 e. The van der Waals surface area contributed by atoms with Gasteiger partial charge in [0, 0.05) is 5.54 Å². The monoisotopic (exact) mass is 250 g/mol. The quantitative estimate of drug-likeness (QED) is 0.373. The first-order valence-electron chi connectivity index (χ1n) is 5.47. The third kappa shape index (κ3) is 3.01. The van der Waals surface area contributed by atoms with E-state index in [-0.39, 0.29) is 0 Å². The molecule has 0 N–H and O–H groups in total. The maximum atomic E-state index is 6.42. The fraction of sp³-hybridized carbons (Fsp3) is 0.818. The summed E-state index contributed by atoms with van der Waals surface area (Å²) >= 11 is 12.8. The molecule has 0 saturated heterocycles. The lowest BCUT2D eigenvalue weighted by atomic mass is 9.98. The molecule has 1 aliphatic carbocycles. The second-order valence-electron chi connectivity index (χ2n) is 4.51. The zero-order chi connectivity index (χ0) is 10.8. The fourth-order valence-corrected chi connectivity index (χ4v) is 6.88. The molecule has 1 unspecified atom stereocenters. The Bertz CT molecular complexity index is 212. The predicted molar refractivity (Wildman–Crippen MR) is 68.5 cm³/mol. The molecule has 0 spiro atoms. The molecule has 0 nitrogen and oxygen atoms in total. The highest BCUT2D eigenvalue weighted by atomic mass is 35.7. The summed E-state index contributed by atoms with van der Waals surface area (Å²) in [6.07, 6.45) is 7.53. The van der Waals surface area contributed by atoms with Crippen molar-refractivity contribution in [2.75, 3.05) is 0 Å². The lowest BCUT2D eigenvalue weighted by molar-refractivity contribution is 0.536. The Labute approximate surface area is 98.1 Å². The SMILES string of the molecule is C/C=C(/C)C(C1CCCC1)[Si](C)(Cl)Cl. The van der Waals surface area contributed by atoms with Crippen molar-refractivity contribution >= 4 is 28.9 Å². The van der Waals surface area contributed by atoms with Crippen LogP contribution >= 0.6 is 22.2 Å². The first kappa shape index (κ1) is 12.6. The number of halogens is 2. The van der Waals surface area contributed by atoms with Gasteiger partial charge in [0.25, 0.3) is 6.69 Å². The third-order valence-electron chi connectivity index (χ3n) is 3.36. The van der Waals surface area contributed by atoms with E-state index in [9.17, 15) is 0 Å². The molecule has 0 heterocycles. The van der Waals surface area contributed by atoms with E-state index in [0.29, 0.717) is 5.54 Å². The largest absolute Gasteiger partial charge is 0.255 e. The molecule has 82 valence electrons. The summed E-state index contributed by atoms with van der Waals surface area (Å²) in [4.78, 5) is 0. The Hall–Kier alpha value is 0.537. The molecule has 0 bridgehead atoms. The van der Waals surface area contributed by atoms with E-state index in [1.54, 1.807) is 0 Å². The molecule has 0 aromatic rings. The van der Waals surface area contributed by atoms with Gasteiger partial charge in [0.2, 0.25) is 0 Å². The fourth-order valence-electron chi connectivity index (χ4n) is 2.66. The lowest BCUT2D eigenvalue weighted by Crippen LogP contribution is -2.28. The molecular weight excluding hydrogens is 231 g/mol. The number of hydrogen-bond donors (Lipinski definition) is 0. The van der Waals surface area contributed by atoms with E-state index in [1.807, 2.05) is 0 Å². The standard InChI is InChI=1S/C11H20Cl2Si/c1-4-9(2)11(14(3,12)13)10-7-5-6-8-10/h4,10-11H,5-8H2,1-3H3/b9-4-. The summed E-state index contributed by atoms with van der Waals surface area (Å²) in [5.74, 6) is 0.748. The lowest BCUT2D eigenvalue weighted by Gasteiger charge is -2.30. The van der Waals surface area contributed by atoms with Crippen LogP contribution in [0.2, 0.25) is 12.1 Å². The highest BCUT2D eigenvalue weighted by Crippen LogP contribution is 2.47. The van der Waals surface area contributed by atoms with Crippen molar-refractivity contribution in [3.8, 4) is 0 Å². The van der Waals surface area contributed by atoms with Crippen LogP contribution in [0, 0.1) is 5.92 Å². The Balaban J connectivity index is 2.81. The summed E-state index contributed by atoms with van der Waals surface area (Å²) in [6.45, 7) is 4.27. The smallest absolute Gasteiger partial charge is 0.145 e. The molecule has 0 aromatic carbocycles. The highest BCUT2D eigenvalue weighted by molar-refractivity contribution is 7.45.